The fourth-order valence-electron chi connectivity index (χ4n) is 3.09. The molecule has 1 saturated heterocycles. The van der Waals surface area contributed by atoms with Crippen LogP contribution < -0.4 is 10.2 Å². The lowest BCUT2D eigenvalue weighted by molar-refractivity contribution is -0.896. The first-order valence-corrected chi connectivity index (χ1v) is 8.64. The Morgan fingerprint density at radius 3 is 2.52 bits per heavy atom. The molecular formula is C19H24N3O3+. The third kappa shape index (κ3) is 4.48. The SMILES string of the molecule is C[C@@H](NC(=O)C[NH+]1CCN(C(=O)c2ccccc2)CC1)c1ccco1. The molecular weight excluding hydrogens is 318 g/mol. The van der Waals surface area contributed by atoms with Crippen LogP contribution in [0.1, 0.15) is 29.1 Å². The molecule has 1 fully saturated rings. The highest BCUT2D eigenvalue weighted by Crippen LogP contribution is 2.11. The van der Waals surface area contributed by atoms with Crippen LogP contribution >= 0.6 is 0 Å². The highest BCUT2D eigenvalue weighted by Gasteiger charge is 2.26. The number of hydrogen-bond donors (Lipinski definition) is 2. The van der Waals surface area contributed by atoms with Gasteiger partial charge in [0.05, 0.1) is 38.5 Å². The van der Waals surface area contributed by atoms with Crippen molar-refractivity contribution in [3.63, 3.8) is 0 Å². The topological polar surface area (TPSA) is 67.0 Å². The minimum absolute atomic E-state index is 0.00161. The highest BCUT2D eigenvalue weighted by molar-refractivity contribution is 5.94. The molecule has 1 atom stereocenters. The van der Waals surface area contributed by atoms with Crippen molar-refractivity contribution in [2.75, 3.05) is 32.7 Å². The van der Waals surface area contributed by atoms with Gasteiger partial charge in [-0.05, 0) is 31.2 Å². The Labute approximate surface area is 147 Å². The second-order valence-corrected chi connectivity index (χ2v) is 6.39. The van der Waals surface area contributed by atoms with Crippen LogP contribution in [0.3, 0.4) is 0 Å². The Hall–Kier alpha value is -2.60. The molecule has 1 aliphatic rings. The van der Waals surface area contributed by atoms with Crippen LogP contribution in [-0.2, 0) is 4.79 Å². The lowest BCUT2D eigenvalue weighted by atomic mass is 10.2. The molecule has 2 amide bonds. The zero-order valence-electron chi connectivity index (χ0n) is 14.4. The van der Waals surface area contributed by atoms with Gasteiger partial charge in [-0.1, -0.05) is 18.2 Å². The second kappa shape index (κ2) is 7.98. The van der Waals surface area contributed by atoms with Crippen LogP contribution in [0.25, 0.3) is 0 Å². The van der Waals surface area contributed by atoms with Crippen LogP contribution in [-0.4, -0.2) is 49.4 Å². The maximum absolute atomic E-state index is 12.4. The molecule has 2 aromatic rings. The van der Waals surface area contributed by atoms with E-state index < -0.39 is 0 Å². The molecule has 0 saturated carbocycles. The number of hydrogen-bond acceptors (Lipinski definition) is 3. The van der Waals surface area contributed by atoms with Gasteiger partial charge in [-0.2, -0.15) is 0 Å². The summed E-state index contributed by atoms with van der Waals surface area (Å²) in [5.41, 5.74) is 0.718. The Morgan fingerprint density at radius 2 is 1.88 bits per heavy atom. The van der Waals surface area contributed by atoms with Crippen LogP contribution in [0.4, 0.5) is 0 Å². The van der Waals surface area contributed by atoms with E-state index in [9.17, 15) is 9.59 Å². The Kier molecular flexibility index (Phi) is 5.50. The molecule has 1 aromatic heterocycles. The van der Waals surface area contributed by atoms with E-state index in [4.69, 9.17) is 4.42 Å². The van der Waals surface area contributed by atoms with Gasteiger partial charge >= 0.3 is 0 Å². The van der Waals surface area contributed by atoms with Gasteiger partial charge < -0.3 is 19.5 Å². The first kappa shape index (κ1) is 17.2. The summed E-state index contributed by atoms with van der Waals surface area (Å²) in [6.07, 6.45) is 1.60. The van der Waals surface area contributed by atoms with Crippen LogP contribution in [0.15, 0.2) is 53.1 Å². The molecule has 3 rings (SSSR count). The number of benzene rings is 1. The molecule has 25 heavy (non-hydrogen) atoms. The third-order valence-corrected chi connectivity index (χ3v) is 4.54. The number of rotatable bonds is 5. The summed E-state index contributed by atoms with van der Waals surface area (Å²) < 4.78 is 5.30. The van der Waals surface area contributed by atoms with Crippen molar-refractivity contribution in [3.8, 4) is 0 Å². The number of nitrogens with one attached hydrogen (secondary N) is 2. The molecule has 0 aliphatic carbocycles. The Balaban J connectivity index is 1.44. The van der Waals surface area contributed by atoms with Gasteiger partial charge in [0.1, 0.15) is 5.76 Å². The van der Waals surface area contributed by atoms with Gasteiger partial charge in [0.2, 0.25) is 0 Å². The zero-order chi connectivity index (χ0) is 17.6. The number of carbonyl (C=O) groups is 2. The minimum atomic E-state index is -0.136. The fourth-order valence-corrected chi connectivity index (χ4v) is 3.09. The van der Waals surface area contributed by atoms with E-state index in [1.54, 1.807) is 6.26 Å². The first-order chi connectivity index (χ1) is 12.1. The van der Waals surface area contributed by atoms with E-state index in [0.29, 0.717) is 19.6 Å². The van der Waals surface area contributed by atoms with E-state index in [0.717, 1.165) is 24.4 Å². The number of quaternary nitrogens is 1. The molecule has 6 nitrogen and oxygen atoms in total. The molecule has 0 radical (unpaired) electrons. The summed E-state index contributed by atoms with van der Waals surface area (Å²) in [5.74, 6) is 0.818. The smallest absolute Gasteiger partial charge is 0.275 e. The second-order valence-electron chi connectivity index (χ2n) is 6.39. The minimum Gasteiger partial charge on any atom is -0.467 e. The van der Waals surface area contributed by atoms with E-state index >= 15 is 0 Å². The van der Waals surface area contributed by atoms with Crippen molar-refractivity contribution in [3.05, 3.63) is 60.1 Å². The average Bonchev–Trinajstić information content (AvgIpc) is 3.17. The van der Waals surface area contributed by atoms with Gasteiger partial charge in [0, 0.05) is 5.56 Å². The highest BCUT2D eigenvalue weighted by atomic mass is 16.3. The summed E-state index contributed by atoms with van der Waals surface area (Å²) in [7, 11) is 0. The van der Waals surface area contributed by atoms with E-state index in [2.05, 4.69) is 5.32 Å². The Morgan fingerprint density at radius 1 is 1.16 bits per heavy atom. The van der Waals surface area contributed by atoms with Crippen molar-refractivity contribution < 1.29 is 18.9 Å². The van der Waals surface area contributed by atoms with Gasteiger partial charge in [0.25, 0.3) is 11.8 Å². The van der Waals surface area contributed by atoms with E-state index in [-0.39, 0.29) is 17.9 Å². The summed E-state index contributed by atoms with van der Waals surface area (Å²) in [5, 5.41) is 2.96. The first-order valence-electron chi connectivity index (χ1n) is 8.64. The normalized spacial score (nSPS) is 16.4. The molecule has 6 heteroatoms. The van der Waals surface area contributed by atoms with Crippen LogP contribution in [0, 0.1) is 0 Å². The van der Waals surface area contributed by atoms with Crippen molar-refractivity contribution in [2.45, 2.75) is 13.0 Å². The average molecular weight is 342 g/mol. The van der Waals surface area contributed by atoms with Crippen molar-refractivity contribution >= 4 is 11.8 Å². The quantitative estimate of drug-likeness (QED) is 0.831. The van der Waals surface area contributed by atoms with Gasteiger partial charge in [-0.25, -0.2) is 0 Å². The molecule has 2 heterocycles. The zero-order valence-corrected chi connectivity index (χ0v) is 14.4. The van der Waals surface area contributed by atoms with Gasteiger partial charge in [-0.3, -0.25) is 9.59 Å². The molecule has 132 valence electrons. The van der Waals surface area contributed by atoms with Crippen LogP contribution in [0.5, 0.6) is 0 Å². The maximum atomic E-state index is 12.4. The van der Waals surface area contributed by atoms with Crippen LogP contribution in [0.2, 0.25) is 0 Å². The van der Waals surface area contributed by atoms with Gasteiger partial charge in [0.15, 0.2) is 6.54 Å². The number of amides is 2. The summed E-state index contributed by atoms with van der Waals surface area (Å²) >= 11 is 0. The van der Waals surface area contributed by atoms with Crippen molar-refractivity contribution in [1.82, 2.24) is 10.2 Å². The number of carbonyl (C=O) groups excluding carboxylic acids is 2. The van der Waals surface area contributed by atoms with E-state index in [1.807, 2.05) is 54.3 Å². The summed E-state index contributed by atoms with van der Waals surface area (Å²) in [4.78, 5) is 27.7. The lowest BCUT2D eigenvalue weighted by Crippen LogP contribution is -3.15. The predicted molar refractivity (Wildman–Crippen MR) is 93.2 cm³/mol. The summed E-state index contributed by atoms with van der Waals surface area (Å²) in [6, 6.07) is 12.9. The molecule has 0 unspecified atom stereocenters. The molecule has 1 aromatic carbocycles. The molecule has 0 bridgehead atoms. The summed E-state index contributed by atoms with van der Waals surface area (Å²) in [6.45, 7) is 5.22. The lowest BCUT2D eigenvalue weighted by Gasteiger charge is -2.32. The van der Waals surface area contributed by atoms with Gasteiger partial charge in [-0.15, -0.1) is 0 Å². The largest absolute Gasteiger partial charge is 0.467 e. The standard InChI is InChI=1S/C19H23N3O3/c1-15(17-8-5-13-25-17)20-18(23)14-21-9-11-22(12-10-21)19(24)16-6-3-2-4-7-16/h2-8,13,15H,9-12,14H2,1H3,(H,20,23)/p+1/t15-/m1/s1. The van der Waals surface area contributed by atoms with Crippen molar-refractivity contribution in [1.29, 1.82) is 0 Å². The van der Waals surface area contributed by atoms with E-state index in [1.165, 1.54) is 4.90 Å². The molecule has 0 spiro atoms. The maximum Gasteiger partial charge on any atom is 0.275 e. The van der Waals surface area contributed by atoms with Crippen molar-refractivity contribution in [2.24, 2.45) is 0 Å². The predicted octanol–water partition coefficient (Wildman–Crippen LogP) is 0.498. The fraction of sp³-hybridized carbons (Fsp3) is 0.368. The Bertz CT molecular complexity index is 692. The molecule has 1 aliphatic heterocycles. The molecule has 2 N–H and O–H groups in total. The third-order valence-electron chi connectivity index (χ3n) is 4.54. The number of furan rings is 1. The number of piperazine rings is 1. The monoisotopic (exact) mass is 342 g/mol. The number of nitrogens with zero attached hydrogens (tertiary/aromatic N) is 1.